The smallest absolute Gasteiger partial charge is 0.410 e. The van der Waals surface area contributed by atoms with Gasteiger partial charge in [0.15, 0.2) is 0 Å². The molecule has 0 unspecified atom stereocenters. The van der Waals surface area contributed by atoms with E-state index in [1.807, 2.05) is 0 Å². The summed E-state index contributed by atoms with van der Waals surface area (Å²) < 4.78 is 5.01. The molecule has 0 atom stereocenters. The maximum Gasteiger partial charge on any atom is 0.412 e. The van der Waals surface area contributed by atoms with Crippen LogP contribution >= 0.6 is 15.9 Å². The molecule has 0 heterocycles. The first kappa shape index (κ1) is 14.2. The highest BCUT2D eigenvalue weighted by Gasteiger charge is 2.05. The third-order valence-electron chi connectivity index (χ3n) is 1.84. The number of carbonyl (C=O) groups excluding carboxylic acids is 2. The Bertz CT molecular complexity index is 449. The number of ether oxygens (including phenoxy) is 1. The van der Waals surface area contributed by atoms with Crippen LogP contribution < -0.4 is 15.4 Å². The Morgan fingerprint density at radius 1 is 1.44 bits per heavy atom. The van der Waals surface area contributed by atoms with Crippen molar-refractivity contribution in [2.45, 2.75) is 0 Å². The predicted molar refractivity (Wildman–Crippen MR) is 73.1 cm³/mol. The zero-order valence-corrected chi connectivity index (χ0v) is 11.2. The largest absolute Gasteiger partial charge is 0.412 e. The molecule has 6 heteroatoms. The van der Waals surface area contributed by atoms with Crippen molar-refractivity contribution in [2.24, 2.45) is 0 Å². The van der Waals surface area contributed by atoms with E-state index >= 15 is 0 Å². The Labute approximate surface area is 113 Å². The van der Waals surface area contributed by atoms with Crippen LogP contribution in [0.3, 0.4) is 0 Å². The quantitative estimate of drug-likeness (QED) is 0.647. The van der Waals surface area contributed by atoms with Gasteiger partial charge in [-0.3, -0.25) is 4.79 Å². The number of anilines is 1. The molecule has 0 radical (unpaired) electrons. The van der Waals surface area contributed by atoms with E-state index in [1.54, 1.807) is 30.3 Å². The van der Waals surface area contributed by atoms with Gasteiger partial charge in [0.05, 0.1) is 5.33 Å². The summed E-state index contributed by atoms with van der Waals surface area (Å²) in [4.78, 5) is 22.5. The second-order valence-corrected chi connectivity index (χ2v) is 3.83. The molecule has 1 aromatic carbocycles. The molecule has 0 aromatic heterocycles. The van der Waals surface area contributed by atoms with Crippen LogP contribution in [0.4, 0.5) is 10.5 Å². The summed E-state index contributed by atoms with van der Waals surface area (Å²) in [6.07, 6.45) is 0.979. The van der Waals surface area contributed by atoms with Crippen LogP contribution in [0, 0.1) is 0 Å². The molecule has 2 amide bonds. The molecule has 0 saturated carbocycles. The van der Waals surface area contributed by atoms with Crippen LogP contribution in [-0.4, -0.2) is 23.9 Å². The van der Waals surface area contributed by atoms with Crippen LogP contribution in [0.2, 0.25) is 0 Å². The van der Waals surface area contributed by atoms with E-state index in [9.17, 15) is 9.59 Å². The third kappa shape index (κ3) is 5.01. The van der Waals surface area contributed by atoms with Gasteiger partial charge < -0.3 is 15.4 Å². The Morgan fingerprint density at radius 2 is 2.22 bits per heavy atom. The first-order valence-electron chi connectivity index (χ1n) is 5.18. The minimum atomic E-state index is -0.570. The highest BCUT2D eigenvalue weighted by atomic mass is 79.9. The fourth-order valence-corrected chi connectivity index (χ4v) is 1.27. The Hall–Kier alpha value is -1.82. The van der Waals surface area contributed by atoms with E-state index < -0.39 is 6.09 Å². The van der Waals surface area contributed by atoms with Crippen LogP contribution in [0.1, 0.15) is 0 Å². The molecule has 0 aliphatic rings. The lowest BCUT2D eigenvalue weighted by Crippen LogP contribution is -2.26. The number of hydrogen-bond donors (Lipinski definition) is 2. The Kier molecular flexibility index (Phi) is 5.93. The summed E-state index contributed by atoms with van der Waals surface area (Å²) in [6.45, 7) is 3.81. The SMILES string of the molecule is C=CCNC(=O)Oc1cccc(NC(=O)CBr)c1. The molecule has 5 nitrogen and oxygen atoms in total. The fraction of sp³-hybridized carbons (Fsp3) is 0.167. The lowest BCUT2D eigenvalue weighted by molar-refractivity contribution is -0.113. The highest BCUT2D eigenvalue weighted by molar-refractivity contribution is 9.09. The Morgan fingerprint density at radius 3 is 2.89 bits per heavy atom. The summed E-state index contributed by atoms with van der Waals surface area (Å²) in [5.74, 6) is 0.173. The van der Waals surface area contributed by atoms with Gasteiger partial charge in [-0.05, 0) is 12.1 Å². The minimum Gasteiger partial charge on any atom is -0.410 e. The van der Waals surface area contributed by atoms with E-state index in [0.29, 0.717) is 18.0 Å². The average molecular weight is 313 g/mol. The summed E-state index contributed by atoms with van der Waals surface area (Å²) >= 11 is 3.04. The molecular formula is C12H13BrN2O3. The molecule has 0 bridgehead atoms. The second-order valence-electron chi connectivity index (χ2n) is 3.27. The fourth-order valence-electron chi connectivity index (χ4n) is 1.13. The van der Waals surface area contributed by atoms with Gasteiger partial charge in [0, 0.05) is 18.3 Å². The van der Waals surface area contributed by atoms with Crippen molar-refractivity contribution in [3.8, 4) is 5.75 Å². The zero-order chi connectivity index (χ0) is 13.4. The van der Waals surface area contributed by atoms with Crippen LogP contribution in [0.15, 0.2) is 36.9 Å². The molecule has 1 rings (SSSR count). The van der Waals surface area contributed by atoms with Gasteiger partial charge in [-0.15, -0.1) is 6.58 Å². The molecule has 0 spiro atoms. The van der Waals surface area contributed by atoms with Crippen molar-refractivity contribution in [3.05, 3.63) is 36.9 Å². The van der Waals surface area contributed by atoms with Gasteiger partial charge >= 0.3 is 6.09 Å². The lowest BCUT2D eigenvalue weighted by atomic mass is 10.3. The number of benzene rings is 1. The summed E-state index contributed by atoms with van der Waals surface area (Å²) in [6, 6.07) is 6.57. The highest BCUT2D eigenvalue weighted by Crippen LogP contribution is 2.17. The summed E-state index contributed by atoms with van der Waals surface area (Å²) in [5, 5.41) is 5.32. The van der Waals surface area contributed by atoms with E-state index in [0.717, 1.165) is 0 Å². The number of nitrogens with one attached hydrogen (secondary N) is 2. The van der Waals surface area contributed by atoms with Crippen molar-refractivity contribution in [1.82, 2.24) is 5.32 Å². The van der Waals surface area contributed by atoms with Crippen molar-refractivity contribution in [1.29, 1.82) is 0 Å². The van der Waals surface area contributed by atoms with Crippen LogP contribution in [-0.2, 0) is 4.79 Å². The maximum absolute atomic E-state index is 11.3. The summed E-state index contributed by atoms with van der Waals surface area (Å²) in [5.41, 5.74) is 0.563. The van der Waals surface area contributed by atoms with Crippen molar-refractivity contribution >= 4 is 33.6 Å². The van der Waals surface area contributed by atoms with Crippen LogP contribution in [0.25, 0.3) is 0 Å². The van der Waals surface area contributed by atoms with E-state index in [1.165, 1.54) is 0 Å². The normalized spacial score (nSPS) is 9.39. The van der Waals surface area contributed by atoms with Gasteiger partial charge in [0.25, 0.3) is 0 Å². The molecule has 0 aliphatic carbocycles. The van der Waals surface area contributed by atoms with E-state index in [-0.39, 0.29) is 11.2 Å². The topological polar surface area (TPSA) is 67.4 Å². The molecule has 1 aromatic rings. The Balaban J connectivity index is 2.61. The summed E-state index contributed by atoms with van der Waals surface area (Å²) in [7, 11) is 0. The van der Waals surface area contributed by atoms with Crippen molar-refractivity contribution in [3.63, 3.8) is 0 Å². The number of amides is 2. The van der Waals surface area contributed by atoms with Gasteiger partial charge in [-0.1, -0.05) is 28.1 Å². The second kappa shape index (κ2) is 7.50. The standard InChI is InChI=1S/C12H13BrN2O3/c1-2-6-14-12(17)18-10-5-3-4-9(7-10)15-11(16)8-13/h2-5,7H,1,6,8H2,(H,14,17)(H,15,16). The molecule has 2 N–H and O–H groups in total. The van der Waals surface area contributed by atoms with Crippen molar-refractivity contribution in [2.75, 3.05) is 17.2 Å². The average Bonchev–Trinajstić information content (AvgIpc) is 2.36. The van der Waals surface area contributed by atoms with Crippen LogP contribution in [0.5, 0.6) is 5.75 Å². The number of alkyl halides is 1. The van der Waals surface area contributed by atoms with Gasteiger partial charge in [0.2, 0.25) is 5.91 Å². The van der Waals surface area contributed by atoms with E-state index in [2.05, 4.69) is 33.1 Å². The first-order chi connectivity index (χ1) is 8.65. The predicted octanol–water partition coefficient (Wildman–Crippen LogP) is 2.29. The third-order valence-corrected chi connectivity index (χ3v) is 2.35. The number of halogens is 1. The molecule has 0 fully saturated rings. The number of carbonyl (C=O) groups is 2. The molecule has 96 valence electrons. The van der Waals surface area contributed by atoms with E-state index in [4.69, 9.17) is 4.74 Å². The van der Waals surface area contributed by atoms with Crippen molar-refractivity contribution < 1.29 is 14.3 Å². The van der Waals surface area contributed by atoms with Gasteiger partial charge in [0.1, 0.15) is 5.75 Å². The molecule has 18 heavy (non-hydrogen) atoms. The number of hydrogen-bond acceptors (Lipinski definition) is 3. The molecule has 0 aliphatic heterocycles. The minimum absolute atomic E-state index is 0.178. The van der Waals surface area contributed by atoms with Gasteiger partial charge in [-0.2, -0.15) is 0 Å². The van der Waals surface area contributed by atoms with Gasteiger partial charge in [-0.25, -0.2) is 4.79 Å². The maximum atomic E-state index is 11.3. The molecular weight excluding hydrogens is 300 g/mol. The first-order valence-corrected chi connectivity index (χ1v) is 6.30. The molecule has 0 saturated heterocycles. The lowest BCUT2D eigenvalue weighted by Gasteiger charge is -2.07. The monoisotopic (exact) mass is 312 g/mol. The number of rotatable bonds is 5. The zero-order valence-electron chi connectivity index (χ0n) is 9.61.